The molecule has 2 heterocycles. The minimum absolute atomic E-state index is 0.617. The Morgan fingerprint density at radius 2 is 2.15 bits per heavy atom. The number of ether oxygens (including phenoxy) is 2. The Labute approximate surface area is 121 Å². The summed E-state index contributed by atoms with van der Waals surface area (Å²) >= 11 is 1.56. The van der Waals surface area contributed by atoms with E-state index in [0.29, 0.717) is 18.1 Å². The lowest BCUT2D eigenvalue weighted by Gasteiger charge is -2.20. The maximum absolute atomic E-state index is 5.87. The molecule has 0 amide bonds. The first-order chi connectivity index (χ1) is 9.86. The molecule has 2 N–H and O–H groups in total. The molecule has 1 aromatic carbocycles. The third kappa shape index (κ3) is 2.75. The van der Waals surface area contributed by atoms with Gasteiger partial charge in [-0.15, -0.1) is 0 Å². The molecule has 6 heteroatoms. The van der Waals surface area contributed by atoms with E-state index in [4.69, 9.17) is 9.47 Å². The molecule has 1 aliphatic rings. The van der Waals surface area contributed by atoms with Crippen LogP contribution in [0.15, 0.2) is 36.5 Å². The first kappa shape index (κ1) is 12.9. The number of fused-ring (bicyclic) bond motifs is 1. The molecule has 20 heavy (non-hydrogen) atoms. The van der Waals surface area contributed by atoms with Crippen LogP contribution in [0.2, 0.25) is 0 Å². The number of benzene rings is 1. The van der Waals surface area contributed by atoms with Gasteiger partial charge in [0.05, 0.1) is 6.54 Å². The van der Waals surface area contributed by atoms with Crippen LogP contribution in [0.3, 0.4) is 0 Å². The molecule has 2 aromatic rings. The molecule has 0 bridgehead atoms. The molecule has 5 nitrogen and oxygen atoms in total. The zero-order valence-electron chi connectivity index (χ0n) is 11.1. The average Bonchev–Trinajstić information content (AvgIpc) is 2.50. The third-order valence-corrected chi connectivity index (χ3v) is 3.25. The van der Waals surface area contributed by atoms with E-state index in [0.717, 1.165) is 23.8 Å². The Kier molecular flexibility index (Phi) is 3.83. The fraction of sp³-hybridized carbons (Fsp3) is 0.214. The van der Waals surface area contributed by atoms with E-state index in [1.54, 1.807) is 24.2 Å². The number of hydrogen-bond donors (Lipinski definition) is 2. The lowest BCUT2D eigenvalue weighted by Crippen LogP contribution is -2.19. The van der Waals surface area contributed by atoms with Crippen molar-refractivity contribution in [1.29, 1.82) is 0 Å². The summed E-state index contributed by atoms with van der Waals surface area (Å²) in [6.07, 6.45) is 3.69. The van der Waals surface area contributed by atoms with Crippen molar-refractivity contribution in [3.05, 3.63) is 36.5 Å². The summed E-state index contributed by atoms with van der Waals surface area (Å²) in [5, 5.41) is 3.19. The first-order valence-corrected chi connectivity index (χ1v) is 7.52. The first-order valence-electron chi connectivity index (χ1n) is 6.29. The molecule has 0 aliphatic carbocycles. The quantitative estimate of drug-likeness (QED) is 0.842. The summed E-state index contributed by atoms with van der Waals surface area (Å²) in [4.78, 5) is 4.23. The summed E-state index contributed by atoms with van der Waals surface area (Å²) in [6.45, 7) is 1.38. The number of rotatable bonds is 4. The standard InChI is InChI=1S/C14H15N3O2S/c1-20-17-10-2-4-11(5-3-10)19-12-6-7-15-14-13(12)18-9-8-16-14/h2-7,17H,8-9H2,1H3,(H,15,16). The zero-order chi connectivity index (χ0) is 13.8. The van der Waals surface area contributed by atoms with Crippen LogP contribution in [-0.4, -0.2) is 24.4 Å². The number of nitrogens with one attached hydrogen (secondary N) is 2. The van der Waals surface area contributed by atoms with Crippen LogP contribution in [0.5, 0.6) is 17.2 Å². The average molecular weight is 289 g/mol. The van der Waals surface area contributed by atoms with Crippen LogP contribution in [0.25, 0.3) is 0 Å². The molecular weight excluding hydrogens is 274 g/mol. The predicted molar refractivity (Wildman–Crippen MR) is 81.9 cm³/mol. The molecule has 0 saturated heterocycles. The number of hydrogen-bond acceptors (Lipinski definition) is 6. The maximum Gasteiger partial charge on any atom is 0.204 e. The molecule has 0 radical (unpaired) electrons. The van der Waals surface area contributed by atoms with E-state index in [1.807, 2.05) is 30.5 Å². The summed E-state index contributed by atoms with van der Waals surface area (Å²) in [7, 11) is 0. The van der Waals surface area contributed by atoms with E-state index in [1.165, 1.54) is 0 Å². The van der Waals surface area contributed by atoms with Crippen LogP contribution in [0.4, 0.5) is 11.5 Å². The fourth-order valence-corrected chi connectivity index (χ4v) is 2.31. The normalized spacial score (nSPS) is 12.8. The molecule has 0 fully saturated rings. The van der Waals surface area contributed by atoms with Gasteiger partial charge in [0.15, 0.2) is 11.6 Å². The van der Waals surface area contributed by atoms with Crippen LogP contribution in [0, 0.1) is 0 Å². The van der Waals surface area contributed by atoms with Gasteiger partial charge in [-0.25, -0.2) is 4.98 Å². The minimum atomic E-state index is 0.617. The van der Waals surface area contributed by atoms with Crippen molar-refractivity contribution >= 4 is 23.5 Å². The largest absolute Gasteiger partial charge is 0.485 e. The monoisotopic (exact) mass is 289 g/mol. The Hall–Kier alpha value is -2.08. The lowest BCUT2D eigenvalue weighted by molar-refractivity contribution is 0.304. The van der Waals surface area contributed by atoms with Gasteiger partial charge >= 0.3 is 0 Å². The predicted octanol–water partition coefficient (Wildman–Crippen LogP) is 3.37. The molecule has 1 aliphatic heterocycles. The zero-order valence-corrected chi connectivity index (χ0v) is 11.9. The van der Waals surface area contributed by atoms with Gasteiger partial charge in [0.2, 0.25) is 5.75 Å². The van der Waals surface area contributed by atoms with E-state index >= 15 is 0 Å². The van der Waals surface area contributed by atoms with Crippen LogP contribution < -0.4 is 19.5 Å². The third-order valence-electron chi connectivity index (χ3n) is 2.81. The van der Waals surface area contributed by atoms with Crippen molar-refractivity contribution in [2.24, 2.45) is 0 Å². The van der Waals surface area contributed by atoms with Crippen LogP contribution >= 0.6 is 11.9 Å². The highest BCUT2D eigenvalue weighted by atomic mass is 32.2. The Bertz CT molecular complexity index is 589. The molecule has 0 saturated carbocycles. The van der Waals surface area contributed by atoms with Crippen LogP contribution in [0.1, 0.15) is 0 Å². The van der Waals surface area contributed by atoms with Gasteiger partial charge in [0.25, 0.3) is 0 Å². The van der Waals surface area contributed by atoms with Crippen molar-refractivity contribution in [2.75, 3.05) is 29.4 Å². The van der Waals surface area contributed by atoms with Gasteiger partial charge in [-0.1, -0.05) is 11.9 Å². The minimum Gasteiger partial charge on any atom is -0.485 e. The molecule has 104 valence electrons. The van der Waals surface area contributed by atoms with Gasteiger partial charge in [0, 0.05) is 24.2 Å². The molecule has 0 atom stereocenters. The smallest absolute Gasteiger partial charge is 0.204 e. The maximum atomic E-state index is 5.87. The van der Waals surface area contributed by atoms with E-state index < -0.39 is 0 Å². The summed E-state index contributed by atoms with van der Waals surface area (Å²) in [6, 6.07) is 9.58. The molecular formula is C14H15N3O2S. The second kappa shape index (κ2) is 5.92. The second-order valence-corrected chi connectivity index (χ2v) is 4.81. The van der Waals surface area contributed by atoms with Gasteiger partial charge in [-0.05, 0) is 24.3 Å². The summed E-state index contributed by atoms with van der Waals surface area (Å²) in [5.41, 5.74) is 1.04. The fourth-order valence-electron chi connectivity index (χ4n) is 1.93. The molecule has 0 unspecified atom stereocenters. The van der Waals surface area contributed by atoms with Crippen molar-refractivity contribution in [3.63, 3.8) is 0 Å². The van der Waals surface area contributed by atoms with Gasteiger partial charge < -0.3 is 19.5 Å². The highest BCUT2D eigenvalue weighted by molar-refractivity contribution is 7.99. The highest BCUT2D eigenvalue weighted by Gasteiger charge is 2.16. The summed E-state index contributed by atoms with van der Waals surface area (Å²) in [5.74, 6) is 2.84. The highest BCUT2D eigenvalue weighted by Crippen LogP contribution is 2.37. The van der Waals surface area contributed by atoms with Gasteiger partial charge in [-0.3, -0.25) is 0 Å². The van der Waals surface area contributed by atoms with Crippen molar-refractivity contribution < 1.29 is 9.47 Å². The molecule has 0 spiro atoms. The second-order valence-electron chi connectivity index (χ2n) is 4.19. The van der Waals surface area contributed by atoms with Gasteiger partial charge in [0.1, 0.15) is 12.4 Å². The van der Waals surface area contributed by atoms with Crippen molar-refractivity contribution in [2.45, 2.75) is 0 Å². The summed E-state index contributed by atoms with van der Waals surface area (Å²) < 4.78 is 14.7. The van der Waals surface area contributed by atoms with Gasteiger partial charge in [-0.2, -0.15) is 0 Å². The SMILES string of the molecule is CSNc1ccc(Oc2ccnc3c2OCCN3)cc1. The molecule has 3 rings (SSSR count). The number of pyridine rings is 1. The lowest BCUT2D eigenvalue weighted by atomic mass is 10.3. The van der Waals surface area contributed by atoms with Crippen molar-refractivity contribution in [1.82, 2.24) is 4.98 Å². The molecule has 1 aromatic heterocycles. The van der Waals surface area contributed by atoms with Crippen LogP contribution in [-0.2, 0) is 0 Å². The Balaban J connectivity index is 1.80. The van der Waals surface area contributed by atoms with E-state index in [-0.39, 0.29) is 0 Å². The number of nitrogens with zero attached hydrogens (tertiary/aromatic N) is 1. The Morgan fingerprint density at radius 1 is 1.30 bits per heavy atom. The van der Waals surface area contributed by atoms with E-state index in [9.17, 15) is 0 Å². The van der Waals surface area contributed by atoms with Crippen molar-refractivity contribution in [3.8, 4) is 17.2 Å². The number of anilines is 2. The Morgan fingerprint density at radius 3 is 2.95 bits per heavy atom. The van der Waals surface area contributed by atoms with E-state index in [2.05, 4.69) is 15.0 Å². The number of aromatic nitrogens is 1. The topological polar surface area (TPSA) is 55.4 Å².